The molecule has 0 N–H and O–H groups in total. The Hall–Kier alpha value is -0.0800. The van der Waals surface area contributed by atoms with Gasteiger partial charge in [-0.3, -0.25) is 0 Å². The van der Waals surface area contributed by atoms with Gasteiger partial charge in [-0.2, -0.15) is 0 Å². The van der Waals surface area contributed by atoms with E-state index in [1.54, 1.807) is 0 Å². The van der Waals surface area contributed by atoms with Crippen LogP contribution < -0.4 is 0 Å². The van der Waals surface area contributed by atoms with E-state index in [9.17, 15) is 0 Å². The van der Waals surface area contributed by atoms with Crippen molar-refractivity contribution in [1.29, 1.82) is 0 Å². The fourth-order valence-corrected chi connectivity index (χ4v) is 2.64. The molecule has 2 nitrogen and oxygen atoms in total. The summed E-state index contributed by atoms with van der Waals surface area (Å²) in [7, 11) is 0. The van der Waals surface area contributed by atoms with Gasteiger partial charge in [0.15, 0.2) is 0 Å². The van der Waals surface area contributed by atoms with Crippen LogP contribution in [0.25, 0.3) is 0 Å². The Morgan fingerprint density at radius 2 is 0.682 bits per heavy atom. The van der Waals surface area contributed by atoms with Crippen LogP contribution in [0.15, 0.2) is 0 Å². The lowest BCUT2D eigenvalue weighted by atomic mass is 10.1. The molecule has 0 aromatic heterocycles. The summed E-state index contributed by atoms with van der Waals surface area (Å²) in [5.74, 6) is 0. The van der Waals surface area contributed by atoms with E-state index in [1.165, 1.54) is 89.9 Å². The summed E-state index contributed by atoms with van der Waals surface area (Å²) in [5, 5.41) is 0. The fourth-order valence-electron chi connectivity index (χ4n) is 2.64. The van der Waals surface area contributed by atoms with Gasteiger partial charge in [-0.15, -0.1) is 0 Å². The molecule has 0 radical (unpaired) electrons. The standard InChI is InChI=1S/C20H42O2/c1-3-5-7-9-11-12-14-16-18-22-20-19-21-17-15-13-10-8-6-4-2/h3-20H2,1-2H3. The minimum absolute atomic E-state index is 0.770. The highest BCUT2D eigenvalue weighted by atomic mass is 16.5. The molecule has 0 aromatic rings. The molecule has 0 unspecified atom stereocenters. The fraction of sp³-hybridized carbons (Fsp3) is 1.00. The maximum Gasteiger partial charge on any atom is 0.0700 e. The molecule has 0 rings (SSSR count). The van der Waals surface area contributed by atoms with E-state index in [-0.39, 0.29) is 0 Å². The van der Waals surface area contributed by atoms with Crippen LogP contribution in [0.2, 0.25) is 0 Å². The van der Waals surface area contributed by atoms with Crippen LogP contribution in [0, 0.1) is 0 Å². The van der Waals surface area contributed by atoms with Crippen molar-refractivity contribution in [2.45, 2.75) is 104 Å². The van der Waals surface area contributed by atoms with Gasteiger partial charge >= 0.3 is 0 Å². The Labute approximate surface area is 140 Å². The van der Waals surface area contributed by atoms with Crippen molar-refractivity contribution in [3.05, 3.63) is 0 Å². The molecule has 0 aliphatic carbocycles. The second kappa shape index (κ2) is 20.9. The first-order valence-corrected chi connectivity index (χ1v) is 10.1. The van der Waals surface area contributed by atoms with Gasteiger partial charge in [-0.1, -0.05) is 90.9 Å². The normalized spacial score (nSPS) is 11.2. The summed E-state index contributed by atoms with van der Waals surface area (Å²) in [6.45, 7) is 7.90. The number of unbranched alkanes of at least 4 members (excludes halogenated alkanes) is 12. The zero-order chi connectivity index (χ0) is 16.1. The summed E-state index contributed by atoms with van der Waals surface area (Å²) in [4.78, 5) is 0. The molecule has 2 heteroatoms. The highest BCUT2D eigenvalue weighted by molar-refractivity contribution is 4.46. The van der Waals surface area contributed by atoms with Gasteiger partial charge in [-0.05, 0) is 12.8 Å². The van der Waals surface area contributed by atoms with Gasteiger partial charge in [0, 0.05) is 13.2 Å². The highest BCUT2D eigenvalue weighted by Gasteiger charge is 1.94. The quantitative estimate of drug-likeness (QED) is 0.253. The second-order valence-corrected chi connectivity index (χ2v) is 6.47. The molecule has 0 fully saturated rings. The van der Waals surface area contributed by atoms with Crippen LogP contribution in [0.5, 0.6) is 0 Å². The first kappa shape index (κ1) is 21.9. The molecule has 134 valence electrons. The van der Waals surface area contributed by atoms with Crippen LogP contribution in [-0.4, -0.2) is 26.4 Å². The van der Waals surface area contributed by atoms with Crippen LogP contribution in [-0.2, 0) is 9.47 Å². The third-order valence-corrected chi connectivity index (χ3v) is 4.16. The third-order valence-electron chi connectivity index (χ3n) is 4.16. The molecule has 22 heavy (non-hydrogen) atoms. The largest absolute Gasteiger partial charge is 0.379 e. The second-order valence-electron chi connectivity index (χ2n) is 6.47. The van der Waals surface area contributed by atoms with E-state index in [2.05, 4.69) is 13.8 Å². The predicted octanol–water partition coefficient (Wildman–Crippen LogP) is 6.52. The van der Waals surface area contributed by atoms with E-state index in [0.717, 1.165) is 26.4 Å². The predicted molar refractivity (Wildman–Crippen MR) is 97.6 cm³/mol. The first-order valence-electron chi connectivity index (χ1n) is 10.1. The summed E-state index contributed by atoms with van der Waals surface area (Å²) < 4.78 is 11.2. The molecular formula is C20H42O2. The summed E-state index contributed by atoms with van der Waals surface area (Å²) in [6.07, 6.45) is 18.9. The zero-order valence-electron chi connectivity index (χ0n) is 15.5. The molecule has 0 amide bonds. The van der Waals surface area contributed by atoms with Crippen molar-refractivity contribution in [1.82, 2.24) is 0 Å². The lowest BCUT2D eigenvalue weighted by Gasteiger charge is -2.06. The van der Waals surface area contributed by atoms with Gasteiger partial charge in [0.05, 0.1) is 13.2 Å². The van der Waals surface area contributed by atoms with Crippen molar-refractivity contribution >= 4 is 0 Å². The SMILES string of the molecule is CCCCCCCCCCOCCOCCCCCCCC. The molecule has 0 aliphatic rings. The average molecular weight is 315 g/mol. The monoisotopic (exact) mass is 314 g/mol. The molecule has 0 aliphatic heterocycles. The maximum absolute atomic E-state index is 5.61. The van der Waals surface area contributed by atoms with E-state index in [1.807, 2.05) is 0 Å². The van der Waals surface area contributed by atoms with Crippen LogP contribution in [0.4, 0.5) is 0 Å². The molecule has 0 heterocycles. The van der Waals surface area contributed by atoms with Gasteiger partial charge in [0.25, 0.3) is 0 Å². The number of rotatable bonds is 19. The van der Waals surface area contributed by atoms with Crippen LogP contribution in [0.3, 0.4) is 0 Å². The van der Waals surface area contributed by atoms with E-state index >= 15 is 0 Å². The zero-order valence-corrected chi connectivity index (χ0v) is 15.5. The smallest absolute Gasteiger partial charge is 0.0700 e. The molecule has 0 aromatic carbocycles. The molecular weight excluding hydrogens is 272 g/mol. The molecule has 0 spiro atoms. The maximum atomic E-state index is 5.61. The summed E-state index contributed by atoms with van der Waals surface area (Å²) in [6, 6.07) is 0. The Morgan fingerprint density at radius 3 is 1.05 bits per heavy atom. The van der Waals surface area contributed by atoms with E-state index in [4.69, 9.17) is 9.47 Å². The first-order chi connectivity index (χ1) is 10.9. The van der Waals surface area contributed by atoms with Crippen molar-refractivity contribution < 1.29 is 9.47 Å². The van der Waals surface area contributed by atoms with Gasteiger partial charge in [0.2, 0.25) is 0 Å². The molecule has 0 atom stereocenters. The Balaban J connectivity index is 2.91. The van der Waals surface area contributed by atoms with Crippen molar-refractivity contribution in [2.24, 2.45) is 0 Å². The highest BCUT2D eigenvalue weighted by Crippen LogP contribution is 2.08. The summed E-state index contributed by atoms with van der Waals surface area (Å²) in [5.41, 5.74) is 0. The molecule has 0 saturated heterocycles. The van der Waals surface area contributed by atoms with Crippen molar-refractivity contribution in [3.8, 4) is 0 Å². The topological polar surface area (TPSA) is 18.5 Å². The molecule has 0 bridgehead atoms. The lowest BCUT2D eigenvalue weighted by Crippen LogP contribution is -2.06. The van der Waals surface area contributed by atoms with Gasteiger partial charge in [0.1, 0.15) is 0 Å². The number of hydrogen-bond donors (Lipinski definition) is 0. The van der Waals surface area contributed by atoms with Gasteiger partial charge in [-0.25, -0.2) is 0 Å². The van der Waals surface area contributed by atoms with Crippen LogP contribution in [0.1, 0.15) is 104 Å². The van der Waals surface area contributed by atoms with E-state index in [0.29, 0.717) is 0 Å². The third kappa shape index (κ3) is 19.9. The summed E-state index contributed by atoms with van der Waals surface area (Å²) >= 11 is 0. The Bertz CT molecular complexity index is 163. The minimum atomic E-state index is 0.770. The minimum Gasteiger partial charge on any atom is -0.379 e. The van der Waals surface area contributed by atoms with E-state index < -0.39 is 0 Å². The lowest BCUT2D eigenvalue weighted by molar-refractivity contribution is 0.0448. The van der Waals surface area contributed by atoms with Crippen LogP contribution >= 0.6 is 0 Å². The van der Waals surface area contributed by atoms with Crippen molar-refractivity contribution in [2.75, 3.05) is 26.4 Å². The number of hydrogen-bond acceptors (Lipinski definition) is 2. The Kier molecular flexibility index (Phi) is 20.8. The average Bonchev–Trinajstić information content (AvgIpc) is 2.54. The van der Waals surface area contributed by atoms with Crippen molar-refractivity contribution in [3.63, 3.8) is 0 Å². The molecule has 0 saturated carbocycles. The van der Waals surface area contributed by atoms with Gasteiger partial charge < -0.3 is 9.47 Å². The number of ether oxygens (including phenoxy) is 2. The Morgan fingerprint density at radius 1 is 0.364 bits per heavy atom.